The van der Waals surface area contributed by atoms with Gasteiger partial charge in [0.05, 0.1) is 11.9 Å². The molecule has 0 saturated heterocycles. The van der Waals surface area contributed by atoms with Crippen molar-refractivity contribution in [2.45, 2.75) is 32.2 Å². The van der Waals surface area contributed by atoms with Crippen molar-refractivity contribution in [3.05, 3.63) is 84.3 Å². The molecule has 0 radical (unpaired) electrons. The maximum Gasteiger partial charge on any atom is 0.243 e. The predicted octanol–water partition coefficient (Wildman–Crippen LogP) is 3.79. The summed E-state index contributed by atoms with van der Waals surface area (Å²) in [5.74, 6) is 0.627. The molecule has 8 nitrogen and oxygen atoms in total. The predicted molar refractivity (Wildman–Crippen MR) is 130 cm³/mol. The molecule has 34 heavy (non-hydrogen) atoms. The summed E-state index contributed by atoms with van der Waals surface area (Å²) in [7, 11) is 0. The van der Waals surface area contributed by atoms with Gasteiger partial charge in [0.15, 0.2) is 11.5 Å². The minimum absolute atomic E-state index is 0.221. The van der Waals surface area contributed by atoms with E-state index in [0.29, 0.717) is 36.5 Å². The van der Waals surface area contributed by atoms with Crippen molar-refractivity contribution >= 4 is 28.8 Å². The number of fused-ring (bicyclic) bond motifs is 2. The highest BCUT2D eigenvalue weighted by atomic mass is 16.1. The molecule has 0 unspecified atom stereocenters. The second-order valence-electron chi connectivity index (χ2n) is 8.30. The molecule has 0 spiro atoms. The van der Waals surface area contributed by atoms with Gasteiger partial charge in [-0.1, -0.05) is 30.8 Å². The van der Waals surface area contributed by atoms with Crippen molar-refractivity contribution in [3.63, 3.8) is 0 Å². The van der Waals surface area contributed by atoms with E-state index >= 15 is 0 Å². The van der Waals surface area contributed by atoms with Crippen LogP contribution in [0.25, 0.3) is 16.9 Å². The molecule has 8 heteroatoms. The smallest absolute Gasteiger partial charge is 0.243 e. The van der Waals surface area contributed by atoms with Crippen LogP contribution in [0.2, 0.25) is 0 Å². The summed E-state index contributed by atoms with van der Waals surface area (Å²) in [6.45, 7) is 3.87. The average molecular weight is 453 g/mol. The van der Waals surface area contributed by atoms with Crippen LogP contribution in [0.1, 0.15) is 29.5 Å². The SMILES string of the molecule is C=CC(=O)NCc1cccc(-c2cn3ncnc3c(Nc3ccc4c(c3)CC(=O)CCC4)n2)c1. The number of nitrogens with one attached hydrogen (secondary N) is 2. The Kier molecular flexibility index (Phi) is 5.86. The molecule has 170 valence electrons. The second-order valence-corrected chi connectivity index (χ2v) is 8.30. The maximum absolute atomic E-state index is 12.1. The Bertz CT molecular complexity index is 1410. The lowest BCUT2D eigenvalue weighted by molar-refractivity contribution is -0.118. The van der Waals surface area contributed by atoms with E-state index in [4.69, 9.17) is 4.98 Å². The molecule has 4 aromatic rings. The molecule has 1 aliphatic carbocycles. The first-order valence-electron chi connectivity index (χ1n) is 11.2. The van der Waals surface area contributed by atoms with Gasteiger partial charge in [0.2, 0.25) is 5.91 Å². The number of aromatic nitrogens is 4. The Hall–Kier alpha value is -4.33. The number of nitrogens with zero attached hydrogens (tertiary/aromatic N) is 4. The van der Waals surface area contributed by atoms with Crippen LogP contribution in [-0.4, -0.2) is 31.3 Å². The lowest BCUT2D eigenvalue weighted by Crippen LogP contribution is -2.19. The quantitative estimate of drug-likeness (QED) is 0.341. The molecule has 2 aromatic carbocycles. The molecule has 0 bridgehead atoms. The Morgan fingerprint density at radius 1 is 1.15 bits per heavy atom. The van der Waals surface area contributed by atoms with Gasteiger partial charge in [-0.25, -0.2) is 14.5 Å². The fraction of sp³-hybridized carbons (Fsp3) is 0.192. The van der Waals surface area contributed by atoms with Gasteiger partial charge in [-0.05, 0) is 53.8 Å². The summed E-state index contributed by atoms with van der Waals surface area (Å²) in [6.07, 6.45) is 7.49. The highest BCUT2D eigenvalue weighted by molar-refractivity contribution is 5.86. The standard InChI is InChI=1S/C26H24N6O2/c1-2-24(34)27-14-17-5-3-7-19(11-17)23-15-32-26(28-16-29-32)25(31-23)30-21-10-9-18-6-4-8-22(33)13-20(18)12-21/h2-3,5,7,9-12,15-16H,1,4,6,8,13-14H2,(H,27,34)(H,30,31). The summed E-state index contributed by atoms with van der Waals surface area (Å²) >= 11 is 0. The van der Waals surface area contributed by atoms with Crippen LogP contribution in [0.15, 0.2) is 67.6 Å². The highest BCUT2D eigenvalue weighted by Crippen LogP contribution is 2.27. The number of amides is 1. The number of hydrogen-bond donors (Lipinski definition) is 2. The van der Waals surface area contributed by atoms with E-state index in [1.165, 1.54) is 18.0 Å². The molecule has 1 aliphatic rings. The summed E-state index contributed by atoms with van der Waals surface area (Å²) < 4.78 is 1.68. The fourth-order valence-corrected chi connectivity index (χ4v) is 4.18. The Balaban J connectivity index is 1.47. The normalized spacial score (nSPS) is 13.2. The van der Waals surface area contributed by atoms with Crippen LogP contribution < -0.4 is 10.6 Å². The van der Waals surface area contributed by atoms with Crippen molar-refractivity contribution in [1.82, 2.24) is 24.9 Å². The van der Waals surface area contributed by atoms with Crippen LogP contribution in [0.5, 0.6) is 0 Å². The van der Waals surface area contributed by atoms with Crippen LogP contribution in [0.4, 0.5) is 11.5 Å². The third-order valence-corrected chi connectivity index (χ3v) is 5.89. The molecule has 2 heterocycles. The number of rotatable bonds is 6. The largest absolute Gasteiger partial charge is 0.348 e. The van der Waals surface area contributed by atoms with Crippen LogP contribution >= 0.6 is 0 Å². The van der Waals surface area contributed by atoms with E-state index < -0.39 is 0 Å². The number of ketones is 1. The Morgan fingerprint density at radius 2 is 2.06 bits per heavy atom. The first kappa shape index (κ1) is 21.5. The summed E-state index contributed by atoms with van der Waals surface area (Å²) in [6, 6.07) is 13.9. The van der Waals surface area contributed by atoms with Crippen molar-refractivity contribution < 1.29 is 9.59 Å². The lowest BCUT2D eigenvalue weighted by atomic mass is 10.0. The van der Waals surface area contributed by atoms with E-state index in [9.17, 15) is 9.59 Å². The average Bonchev–Trinajstić information content (AvgIpc) is 3.25. The number of hydrogen-bond acceptors (Lipinski definition) is 6. The summed E-state index contributed by atoms with van der Waals surface area (Å²) in [5, 5.41) is 10.5. The molecule has 2 aromatic heterocycles. The van der Waals surface area contributed by atoms with E-state index in [2.05, 4.69) is 33.4 Å². The van der Waals surface area contributed by atoms with Gasteiger partial charge in [0.25, 0.3) is 0 Å². The molecule has 0 saturated carbocycles. The number of Topliss-reactive ketones (excluding diaryl/α,β-unsaturated/α-hetero) is 1. The third kappa shape index (κ3) is 4.56. The molecule has 1 amide bonds. The number of benzene rings is 2. The first-order chi connectivity index (χ1) is 16.6. The minimum atomic E-state index is -0.221. The molecule has 0 aliphatic heterocycles. The van der Waals surface area contributed by atoms with E-state index in [1.807, 2.05) is 42.6 Å². The maximum atomic E-state index is 12.1. The van der Waals surface area contributed by atoms with Gasteiger partial charge >= 0.3 is 0 Å². The topological polar surface area (TPSA) is 101 Å². The highest BCUT2D eigenvalue weighted by Gasteiger charge is 2.16. The Labute approximate surface area is 196 Å². The van der Waals surface area contributed by atoms with Gasteiger partial charge in [-0.3, -0.25) is 9.59 Å². The van der Waals surface area contributed by atoms with Crippen molar-refractivity contribution in [1.29, 1.82) is 0 Å². The zero-order valence-electron chi connectivity index (χ0n) is 18.6. The van der Waals surface area contributed by atoms with Gasteiger partial charge < -0.3 is 10.6 Å². The van der Waals surface area contributed by atoms with Crippen molar-refractivity contribution in [3.8, 4) is 11.3 Å². The molecular weight excluding hydrogens is 428 g/mol. The van der Waals surface area contributed by atoms with Gasteiger partial charge in [-0.2, -0.15) is 5.10 Å². The number of anilines is 2. The second kappa shape index (κ2) is 9.27. The molecule has 0 atom stereocenters. The molecule has 0 fully saturated rings. The molecule has 5 rings (SSSR count). The lowest BCUT2D eigenvalue weighted by Gasteiger charge is -2.12. The minimum Gasteiger partial charge on any atom is -0.348 e. The first-order valence-corrected chi connectivity index (χ1v) is 11.2. The number of carbonyl (C=O) groups is 2. The Morgan fingerprint density at radius 3 is 2.94 bits per heavy atom. The number of carbonyl (C=O) groups excluding carboxylic acids is 2. The van der Waals surface area contributed by atoms with Crippen LogP contribution in [0.3, 0.4) is 0 Å². The fourth-order valence-electron chi connectivity index (χ4n) is 4.18. The van der Waals surface area contributed by atoms with Crippen LogP contribution in [-0.2, 0) is 29.0 Å². The molecule has 2 N–H and O–H groups in total. The summed E-state index contributed by atoms with van der Waals surface area (Å²) in [4.78, 5) is 32.8. The summed E-state index contributed by atoms with van der Waals surface area (Å²) in [5.41, 5.74) is 6.29. The van der Waals surface area contributed by atoms with Gasteiger partial charge in [0, 0.05) is 30.6 Å². The van der Waals surface area contributed by atoms with E-state index in [-0.39, 0.29) is 11.7 Å². The van der Waals surface area contributed by atoms with Gasteiger partial charge in [-0.15, -0.1) is 0 Å². The zero-order chi connectivity index (χ0) is 23.5. The van der Waals surface area contributed by atoms with Crippen LogP contribution in [0, 0.1) is 0 Å². The number of aryl methyl sites for hydroxylation is 1. The van der Waals surface area contributed by atoms with Crippen molar-refractivity contribution in [2.75, 3.05) is 5.32 Å². The van der Waals surface area contributed by atoms with Crippen molar-refractivity contribution in [2.24, 2.45) is 0 Å². The third-order valence-electron chi connectivity index (χ3n) is 5.89. The van der Waals surface area contributed by atoms with E-state index in [1.54, 1.807) is 4.52 Å². The van der Waals surface area contributed by atoms with E-state index in [0.717, 1.165) is 35.2 Å². The molecular formula is C26H24N6O2. The monoisotopic (exact) mass is 452 g/mol. The zero-order valence-corrected chi connectivity index (χ0v) is 18.6. The van der Waals surface area contributed by atoms with Gasteiger partial charge in [0.1, 0.15) is 12.1 Å².